The molecule has 1 unspecified atom stereocenters. The maximum Gasteiger partial charge on any atom is 0.273 e. The quantitative estimate of drug-likeness (QED) is 0.482. The predicted octanol–water partition coefficient (Wildman–Crippen LogP) is 4.91. The number of hydrogen-bond acceptors (Lipinski definition) is 4. The summed E-state index contributed by atoms with van der Waals surface area (Å²) in [6.45, 7) is 5.15. The molecule has 0 saturated heterocycles. The van der Waals surface area contributed by atoms with Crippen molar-refractivity contribution in [3.8, 4) is 17.0 Å². The molecule has 1 amide bonds. The fourth-order valence-electron chi connectivity index (χ4n) is 3.88. The second kappa shape index (κ2) is 8.62. The van der Waals surface area contributed by atoms with Gasteiger partial charge in [-0.1, -0.05) is 40.2 Å². The van der Waals surface area contributed by atoms with Crippen molar-refractivity contribution in [3.63, 3.8) is 0 Å². The van der Waals surface area contributed by atoms with E-state index < -0.39 is 0 Å². The highest BCUT2D eigenvalue weighted by Crippen LogP contribution is 2.44. The van der Waals surface area contributed by atoms with E-state index in [2.05, 4.69) is 26.1 Å². The van der Waals surface area contributed by atoms with E-state index >= 15 is 0 Å². The highest BCUT2D eigenvalue weighted by atomic mass is 79.9. The first-order valence-electron chi connectivity index (χ1n) is 10.0. The van der Waals surface area contributed by atoms with E-state index in [1.54, 1.807) is 12.1 Å². The predicted molar refractivity (Wildman–Crippen MR) is 118 cm³/mol. The second-order valence-electron chi connectivity index (χ2n) is 7.61. The van der Waals surface area contributed by atoms with Gasteiger partial charge in [-0.2, -0.15) is 5.10 Å². The van der Waals surface area contributed by atoms with E-state index in [-0.39, 0.29) is 23.8 Å². The second-order valence-corrected chi connectivity index (χ2v) is 8.52. The molecule has 30 heavy (non-hydrogen) atoms. The highest BCUT2D eigenvalue weighted by Gasteiger charge is 2.42. The first-order chi connectivity index (χ1) is 14.5. The molecule has 0 fully saturated rings. The Morgan fingerprint density at radius 1 is 1.23 bits per heavy atom. The largest absolute Gasteiger partial charge is 0.507 e. The number of phenolic OH excluding ortho intramolecular Hbond substituents is 1. The molecule has 4 rings (SSSR count). The maximum absolute atomic E-state index is 13.3. The number of aromatic nitrogens is 2. The summed E-state index contributed by atoms with van der Waals surface area (Å²) in [5, 5.41) is 17.7. The standard InChI is InChI=1S/C23H24BrN3O3/c1-14(2)30-12-6-11-27-22(15-7-5-8-16(24)13-15)19-20(25-26-21(19)23(27)29)17-9-3-4-10-18(17)28/h3-5,7-10,13-14,22,28H,6,11-12H2,1-2H3,(H,25,26). The average molecular weight is 470 g/mol. The zero-order valence-electron chi connectivity index (χ0n) is 16.9. The van der Waals surface area contributed by atoms with Gasteiger partial charge in [-0.05, 0) is 50.1 Å². The Morgan fingerprint density at radius 2 is 2.03 bits per heavy atom. The van der Waals surface area contributed by atoms with Crippen LogP contribution in [0.5, 0.6) is 5.75 Å². The Morgan fingerprint density at radius 3 is 2.77 bits per heavy atom. The first-order valence-corrected chi connectivity index (χ1v) is 10.8. The van der Waals surface area contributed by atoms with E-state index in [0.717, 1.165) is 22.0 Å². The summed E-state index contributed by atoms with van der Waals surface area (Å²) >= 11 is 3.54. The number of aromatic hydroxyl groups is 1. The molecule has 1 aromatic heterocycles. The molecule has 2 heterocycles. The topological polar surface area (TPSA) is 78.5 Å². The molecule has 0 radical (unpaired) electrons. The van der Waals surface area contributed by atoms with Crippen LogP contribution >= 0.6 is 15.9 Å². The molecular formula is C23H24BrN3O3. The van der Waals surface area contributed by atoms with Gasteiger partial charge in [-0.25, -0.2) is 0 Å². The molecular weight excluding hydrogens is 446 g/mol. The van der Waals surface area contributed by atoms with Crippen LogP contribution in [0.3, 0.4) is 0 Å². The molecule has 1 aliphatic heterocycles. The molecule has 0 aliphatic carbocycles. The fraction of sp³-hybridized carbons (Fsp3) is 0.304. The maximum atomic E-state index is 13.3. The van der Waals surface area contributed by atoms with Crippen molar-refractivity contribution in [1.29, 1.82) is 0 Å². The molecule has 2 aromatic carbocycles. The van der Waals surface area contributed by atoms with E-state index in [9.17, 15) is 9.90 Å². The first kappa shape index (κ1) is 20.6. The molecule has 0 spiro atoms. The number of amides is 1. The van der Waals surface area contributed by atoms with Crippen molar-refractivity contribution in [2.75, 3.05) is 13.2 Å². The lowest BCUT2D eigenvalue weighted by molar-refractivity contribution is 0.0601. The van der Waals surface area contributed by atoms with Crippen LogP contribution in [-0.4, -0.2) is 45.4 Å². The number of rotatable bonds is 7. The lowest BCUT2D eigenvalue weighted by Gasteiger charge is -2.26. The van der Waals surface area contributed by atoms with Gasteiger partial charge in [0.1, 0.15) is 17.1 Å². The summed E-state index contributed by atoms with van der Waals surface area (Å²) < 4.78 is 6.61. The normalized spacial score (nSPS) is 15.8. The zero-order valence-corrected chi connectivity index (χ0v) is 18.5. The number of carbonyl (C=O) groups excluding carboxylic acids is 1. The summed E-state index contributed by atoms with van der Waals surface area (Å²) in [6.07, 6.45) is 0.891. The number of carbonyl (C=O) groups is 1. The van der Waals surface area contributed by atoms with Gasteiger partial charge in [0.25, 0.3) is 5.91 Å². The van der Waals surface area contributed by atoms with Crippen molar-refractivity contribution in [2.45, 2.75) is 32.4 Å². The third-order valence-corrected chi connectivity index (χ3v) is 5.68. The van der Waals surface area contributed by atoms with Gasteiger partial charge < -0.3 is 14.7 Å². The van der Waals surface area contributed by atoms with Gasteiger partial charge >= 0.3 is 0 Å². The number of halogens is 1. The van der Waals surface area contributed by atoms with Crippen LogP contribution < -0.4 is 0 Å². The fourth-order valence-corrected chi connectivity index (χ4v) is 4.30. The number of nitrogens with one attached hydrogen (secondary N) is 1. The van der Waals surface area contributed by atoms with Gasteiger partial charge in [-0.3, -0.25) is 9.89 Å². The number of fused-ring (bicyclic) bond motifs is 1. The van der Waals surface area contributed by atoms with Crippen LogP contribution in [-0.2, 0) is 4.74 Å². The minimum absolute atomic E-state index is 0.0892. The van der Waals surface area contributed by atoms with Gasteiger partial charge in [0, 0.05) is 28.8 Å². The molecule has 0 bridgehead atoms. The Kier molecular flexibility index (Phi) is 5.92. The number of nitrogens with zero attached hydrogens (tertiary/aromatic N) is 2. The van der Waals surface area contributed by atoms with Gasteiger partial charge in [0.15, 0.2) is 0 Å². The molecule has 0 saturated carbocycles. The number of phenols is 1. The number of ether oxygens (including phenoxy) is 1. The van der Waals surface area contributed by atoms with E-state index in [1.165, 1.54) is 0 Å². The van der Waals surface area contributed by atoms with Gasteiger partial charge in [0.05, 0.1) is 12.1 Å². The zero-order chi connectivity index (χ0) is 21.3. The van der Waals surface area contributed by atoms with Crippen LogP contribution in [0, 0.1) is 0 Å². The van der Waals surface area contributed by atoms with Crippen LogP contribution in [0.25, 0.3) is 11.3 Å². The van der Waals surface area contributed by atoms with Crippen LogP contribution in [0.15, 0.2) is 53.0 Å². The summed E-state index contributed by atoms with van der Waals surface area (Å²) in [5.41, 5.74) is 3.46. The summed E-state index contributed by atoms with van der Waals surface area (Å²) in [4.78, 5) is 15.1. The highest BCUT2D eigenvalue weighted by molar-refractivity contribution is 9.10. The van der Waals surface area contributed by atoms with Crippen LogP contribution in [0.4, 0.5) is 0 Å². The minimum Gasteiger partial charge on any atom is -0.507 e. The third-order valence-electron chi connectivity index (χ3n) is 5.18. The van der Waals surface area contributed by atoms with Crippen molar-refractivity contribution in [2.24, 2.45) is 0 Å². The Labute approximate surface area is 184 Å². The average Bonchev–Trinajstić information content (AvgIpc) is 3.25. The molecule has 2 N–H and O–H groups in total. The summed E-state index contributed by atoms with van der Waals surface area (Å²) in [7, 11) is 0. The minimum atomic E-state index is -0.294. The number of para-hydroxylation sites is 1. The van der Waals surface area contributed by atoms with Gasteiger partial charge in [0.2, 0.25) is 0 Å². The van der Waals surface area contributed by atoms with E-state index in [4.69, 9.17) is 4.74 Å². The molecule has 156 valence electrons. The molecule has 1 atom stereocenters. The molecule has 1 aliphatic rings. The molecule has 7 heteroatoms. The lowest BCUT2D eigenvalue weighted by atomic mass is 9.95. The third kappa shape index (κ3) is 3.87. The van der Waals surface area contributed by atoms with Crippen molar-refractivity contribution in [1.82, 2.24) is 15.1 Å². The Bertz CT molecular complexity index is 1060. The Hall–Kier alpha value is -2.64. The van der Waals surface area contributed by atoms with Crippen LogP contribution in [0.2, 0.25) is 0 Å². The van der Waals surface area contributed by atoms with Crippen LogP contribution in [0.1, 0.15) is 47.9 Å². The molecule has 3 aromatic rings. The smallest absolute Gasteiger partial charge is 0.273 e. The lowest BCUT2D eigenvalue weighted by Crippen LogP contribution is -2.31. The number of H-pyrrole nitrogens is 1. The van der Waals surface area contributed by atoms with E-state index in [1.807, 2.05) is 55.1 Å². The Balaban J connectivity index is 1.76. The number of hydrogen-bond donors (Lipinski definition) is 2. The summed E-state index contributed by atoms with van der Waals surface area (Å²) in [5.74, 6) is 0.0460. The van der Waals surface area contributed by atoms with Gasteiger partial charge in [-0.15, -0.1) is 0 Å². The van der Waals surface area contributed by atoms with Crippen molar-refractivity contribution >= 4 is 21.8 Å². The summed E-state index contributed by atoms with van der Waals surface area (Å²) in [6, 6.07) is 14.7. The SMILES string of the molecule is CC(C)OCCCN1C(=O)c2[nH]nc(-c3ccccc3O)c2C1c1cccc(Br)c1. The number of aromatic amines is 1. The van der Waals surface area contributed by atoms with E-state index in [0.29, 0.717) is 30.1 Å². The van der Waals surface area contributed by atoms with Crippen molar-refractivity contribution in [3.05, 3.63) is 69.8 Å². The molecule has 6 nitrogen and oxygen atoms in total. The number of benzene rings is 2. The van der Waals surface area contributed by atoms with Crippen molar-refractivity contribution < 1.29 is 14.6 Å². The monoisotopic (exact) mass is 469 g/mol.